The average molecular weight is 379 g/mol. The van der Waals surface area contributed by atoms with Crippen molar-refractivity contribution in [2.75, 3.05) is 50.7 Å². The molecule has 3 aliphatic rings. The minimum atomic E-state index is 0.714. The van der Waals surface area contributed by atoms with Crippen LogP contribution in [0.5, 0.6) is 0 Å². The highest BCUT2D eigenvalue weighted by Gasteiger charge is 2.32. The third-order valence-electron chi connectivity index (χ3n) is 7.31. The fourth-order valence-corrected chi connectivity index (χ4v) is 5.61. The highest BCUT2D eigenvalue weighted by molar-refractivity contribution is 5.96. The Bertz CT molecular complexity index is 853. The first kappa shape index (κ1) is 18.4. The number of aryl methyl sites for hydroxylation is 2. The Balaban J connectivity index is 1.46. The number of para-hydroxylation sites is 1. The lowest BCUT2D eigenvalue weighted by atomic mass is 9.91. The summed E-state index contributed by atoms with van der Waals surface area (Å²) in [5.41, 5.74) is 7.01. The maximum absolute atomic E-state index is 5.13. The second kappa shape index (κ2) is 7.64. The number of pyridine rings is 1. The third kappa shape index (κ3) is 3.21. The Morgan fingerprint density at radius 1 is 1.04 bits per heavy atom. The molecular weight excluding hydrogens is 344 g/mol. The van der Waals surface area contributed by atoms with Gasteiger partial charge in [-0.15, -0.1) is 0 Å². The Kier molecular flexibility index (Phi) is 5.02. The van der Waals surface area contributed by atoms with Crippen molar-refractivity contribution in [2.24, 2.45) is 0 Å². The molecule has 1 unspecified atom stereocenters. The van der Waals surface area contributed by atoms with Crippen LogP contribution in [0.4, 0.5) is 5.69 Å². The third-order valence-corrected chi connectivity index (χ3v) is 7.31. The van der Waals surface area contributed by atoms with E-state index in [0.717, 1.165) is 6.42 Å². The number of piperazine rings is 1. The fourth-order valence-electron chi connectivity index (χ4n) is 5.61. The lowest BCUT2D eigenvalue weighted by Crippen LogP contribution is -2.50. The normalized spacial score (nSPS) is 24.1. The number of rotatable bonds is 3. The SMILES string of the molecule is CCN1CCN(C2CCN(c3c4c(nc5c(C)cccc35)CCCC4)C2)CC1. The lowest BCUT2D eigenvalue weighted by Gasteiger charge is -2.37. The molecule has 0 N–H and O–H groups in total. The molecular formula is C24H34N4. The van der Waals surface area contributed by atoms with Crippen LogP contribution in [0.2, 0.25) is 0 Å². The summed E-state index contributed by atoms with van der Waals surface area (Å²) >= 11 is 0. The first-order valence-electron chi connectivity index (χ1n) is 11.4. The molecule has 5 rings (SSSR count). The second-order valence-electron chi connectivity index (χ2n) is 8.92. The van der Waals surface area contributed by atoms with Crippen LogP contribution in [0, 0.1) is 6.92 Å². The van der Waals surface area contributed by atoms with Gasteiger partial charge < -0.3 is 9.80 Å². The topological polar surface area (TPSA) is 22.6 Å². The molecule has 3 heterocycles. The molecule has 4 nitrogen and oxygen atoms in total. The van der Waals surface area contributed by atoms with E-state index in [2.05, 4.69) is 46.7 Å². The Labute approximate surface area is 169 Å². The van der Waals surface area contributed by atoms with Crippen LogP contribution < -0.4 is 4.90 Å². The van der Waals surface area contributed by atoms with Gasteiger partial charge in [-0.05, 0) is 56.7 Å². The van der Waals surface area contributed by atoms with Crippen LogP contribution in [-0.2, 0) is 12.8 Å². The van der Waals surface area contributed by atoms with Crippen LogP contribution in [0.3, 0.4) is 0 Å². The molecule has 150 valence electrons. The van der Waals surface area contributed by atoms with E-state index >= 15 is 0 Å². The number of nitrogens with zero attached hydrogens (tertiary/aromatic N) is 4. The highest BCUT2D eigenvalue weighted by atomic mass is 15.3. The van der Waals surface area contributed by atoms with E-state index in [4.69, 9.17) is 4.98 Å². The van der Waals surface area contributed by atoms with Gasteiger partial charge in [0.25, 0.3) is 0 Å². The number of hydrogen-bond donors (Lipinski definition) is 0. The first-order chi connectivity index (χ1) is 13.7. The highest BCUT2D eigenvalue weighted by Crippen LogP contribution is 2.38. The molecule has 2 aromatic rings. The first-order valence-corrected chi connectivity index (χ1v) is 11.4. The molecule has 0 saturated carbocycles. The molecule has 0 radical (unpaired) electrons. The van der Waals surface area contributed by atoms with Crippen LogP contribution in [0.15, 0.2) is 18.2 Å². The standard InChI is InChI=1S/C24H34N4/c1-3-26-13-15-27(16-14-26)19-11-12-28(17-19)24-20-8-4-5-10-22(20)25-23-18(2)7-6-9-21(23)24/h6-7,9,19H,3-5,8,10-17H2,1-2H3. The molecule has 4 heteroatoms. The predicted octanol–water partition coefficient (Wildman–Crippen LogP) is 3.64. The Morgan fingerprint density at radius 2 is 1.86 bits per heavy atom. The molecule has 1 aromatic heterocycles. The predicted molar refractivity (Wildman–Crippen MR) is 117 cm³/mol. The smallest absolute Gasteiger partial charge is 0.0755 e. The van der Waals surface area contributed by atoms with Gasteiger partial charge in [0.15, 0.2) is 0 Å². The maximum atomic E-state index is 5.13. The van der Waals surface area contributed by atoms with E-state index in [0.29, 0.717) is 6.04 Å². The fraction of sp³-hybridized carbons (Fsp3) is 0.625. The number of benzene rings is 1. The van der Waals surface area contributed by atoms with E-state index in [-0.39, 0.29) is 0 Å². The zero-order chi connectivity index (χ0) is 19.1. The summed E-state index contributed by atoms with van der Waals surface area (Å²) in [6, 6.07) is 7.46. The van der Waals surface area contributed by atoms with Crippen molar-refractivity contribution in [1.29, 1.82) is 0 Å². The second-order valence-corrected chi connectivity index (χ2v) is 8.92. The van der Waals surface area contributed by atoms with Gasteiger partial charge in [-0.3, -0.25) is 9.88 Å². The van der Waals surface area contributed by atoms with Crippen molar-refractivity contribution < 1.29 is 0 Å². The molecule has 1 atom stereocenters. The monoisotopic (exact) mass is 378 g/mol. The van der Waals surface area contributed by atoms with Gasteiger partial charge in [-0.2, -0.15) is 0 Å². The van der Waals surface area contributed by atoms with Crippen molar-refractivity contribution >= 4 is 16.6 Å². The molecule has 0 bridgehead atoms. The zero-order valence-electron chi connectivity index (χ0n) is 17.6. The Hall–Kier alpha value is -1.65. The van der Waals surface area contributed by atoms with Crippen LogP contribution in [0.1, 0.15) is 43.0 Å². The van der Waals surface area contributed by atoms with Crippen molar-refractivity contribution in [3.63, 3.8) is 0 Å². The van der Waals surface area contributed by atoms with Crippen LogP contribution >= 0.6 is 0 Å². The largest absolute Gasteiger partial charge is 0.369 e. The van der Waals surface area contributed by atoms with Gasteiger partial charge in [0.2, 0.25) is 0 Å². The molecule has 2 saturated heterocycles. The lowest BCUT2D eigenvalue weighted by molar-refractivity contribution is 0.107. The maximum Gasteiger partial charge on any atom is 0.0755 e. The quantitative estimate of drug-likeness (QED) is 0.813. The van der Waals surface area contributed by atoms with Gasteiger partial charge in [-0.25, -0.2) is 0 Å². The number of aromatic nitrogens is 1. The van der Waals surface area contributed by atoms with E-state index in [9.17, 15) is 0 Å². The van der Waals surface area contributed by atoms with Gasteiger partial charge >= 0.3 is 0 Å². The molecule has 2 fully saturated rings. The summed E-state index contributed by atoms with van der Waals surface area (Å²) in [5.74, 6) is 0. The minimum Gasteiger partial charge on any atom is -0.369 e. The van der Waals surface area contributed by atoms with Gasteiger partial charge in [0.05, 0.1) is 11.2 Å². The van der Waals surface area contributed by atoms with Crippen molar-refractivity contribution in [3.8, 4) is 0 Å². The number of hydrogen-bond acceptors (Lipinski definition) is 4. The van der Waals surface area contributed by atoms with E-state index in [1.807, 2.05) is 0 Å². The number of anilines is 1. The summed E-state index contributed by atoms with van der Waals surface area (Å²) in [6.45, 7) is 13.0. The summed E-state index contributed by atoms with van der Waals surface area (Å²) in [4.78, 5) is 13.2. The number of fused-ring (bicyclic) bond motifs is 2. The summed E-state index contributed by atoms with van der Waals surface area (Å²) < 4.78 is 0. The van der Waals surface area contributed by atoms with E-state index < -0.39 is 0 Å². The number of likely N-dealkylation sites (N-methyl/N-ethyl adjacent to an activating group) is 1. The summed E-state index contributed by atoms with van der Waals surface area (Å²) in [5, 5.41) is 1.39. The van der Waals surface area contributed by atoms with E-state index in [1.165, 1.54) is 99.3 Å². The molecule has 0 amide bonds. The summed E-state index contributed by atoms with van der Waals surface area (Å²) in [6.07, 6.45) is 6.27. The molecule has 1 aromatic carbocycles. The molecule has 2 aliphatic heterocycles. The Morgan fingerprint density at radius 3 is 2.68 bits per heavy atom. The van der Waals surface area contributed by atoms with E-state index in [1.54, 1.807) is 5.56 Å². The van der Waals surface area contributed by atoms with Crippen LogP contribution in [0.25, 0.3) is 10.9 Å². The minimum absolute atomic E-state index is 0.714. The molecule has 28 heavy (non-hydrogen) atoms. The van der Waals surface area contributed by atoms with Crippen molar-refractivity contribution in [2.45, 2.75) is 52.0 Å². The van der Waals surface area contributed by atoms with Crippen molar-refractivity contribution in [1.82, 2.24) is 14.8 Å². The molecule has 1 aliphatic carbocycles. The van der Waals surface area contributed by atoms with Gasteiger partial charge in [0, 0.05) is 56.4 Å². The molecule has 0 spiro atoms. The van der Waals surface area contributed by atoms with Crippen LogP contribution in [-0.4, -0.2) is 66.6 Å². The van der Waals surface area contributed by atoms with Gasteiger partial charge in [0.1, 0.15) is 0 Å². The zero-order valence-corrected chi connectivity index (χ0v) is 17.6. The average Bonchev–Trinajstić information content (AvgIpc) is 3.22. The summed E-state index contributed by atoms with van der Waals surface area (Å²) in [7, 11) is 0. The van der Waals surface area contributed by atoms with Gasteiger partial charge in [-0.1, -0.05) is 25.1 Å². The van der Waals surface area contributed by atoms with Crippen molar-refractivity contribution in [3.05, 3.63) is 35.0 Å².